The van der Waals surface area contributed by atoms with Crippen molar-refractivity contribution in [3.05, 3.63) is 0 Å². The van der Waals surface area contributed by atoms with Gasteiger partial charge in [0.05, 0.1) is 0 Å². The Hall–Kier alpha value is -0.0800. The lowest BCUT2D eigenvalue weighted by Gasteiger charge is -2.25. The standard InChI is InChI=1S/C10H20O2/c1-4-8-6-5-7-9(8)10(11-2)12-3/h8-10H,4-7H2,1-3H3/t8-,9-/m1/s1. The van der Waals surface area contributed by atoms with E-state index in [2.05, 4.69) is 6.92 Å². The molecule has 1 fully saturated rings. The van der Waals surface area contributed by atoms with E-state index in [1.54, 1.807) is 14.2 Å². The molecule has 1 aliphatic carbocycles. The van der Waals surface area contributed by atoms with E-state index >= 15 is 0 Å². The first-order valence-electron chi connectivity index (χ1n) is 4.89. The molecule has 0 aromatic heterocycles. The molecule has 0 bridgehead atoms. The lowest BCUT2D eigenvalue weighted by atomic mass is 9.93. The maximum Gasteiger partial charge on any atom is 0.159 e. The van der Waals surface area contributed by atoms with Gasteiger partial charge in [0.25, 0.3) is 0 Å². The molecule has 1 aliphatic rings. The molecule has 0 spiro atoms. The lowest BCUT2D eigenvalue weighted by molar-refractivity contribution is -0.144. The van der Waals surface area contributed by atoms with Crippen molar-refractivity contribution in [3.8, 4) is 0 Å². The summed E-state index contributed by atoms with van der Waals surface area (Å²) in [6.45, 7) is 2.26. The van der Waals surface area contributed by atoms with Gasteiger partial charge in [-0.05, 0) is 18.8 Å². The van der Waals surface area contributed by atoms with Gasteiger partial charge in [0.2, 0.25) is 0 Å². The molecule has 0 amide bonds. The van der Waals surface area contributed by atoms with Crippen molar-refractivity contribution in [1.29, 1.82) is 0 Å². The summed E-state index contributed by atoms with van der Waals surface area (Å²) < 4.78 is 10.6. The van der Waals surface area contributed by atoms with Crippen molar-refractivity contribution in [3.63, 3.8) is 0 Å². The molecule has 1 rings (SSSR count). The average Bonchev–Trinajstić information content (AvgIpc) is 2.55. The zero-order valence-electron chi connectivity index (χ0n) is 8.38. The summed E-state index contributed by atoms with van der Waals surface area (Å²) in [5.41, 5.74) is 0. The Morgan fingerprint density at radius 2 is 1.92 bits per heavy atom. The van der Waals surface area contributed by atoms with Gasteiger partial charge in [-0.2, -0.15) is 0 Å². The van der Waals surface area contributed by atoms with Crippen LogP contribution in [0.4, 0.5) is 0 Å². The van der Waals surface area contributed by atoms with Crippen molar-refractivity contribution >= 4 is 0 Å². The van der Waals surface area contributed by atoms with Gasteiger partial charge in [0, 0.05) is 20.1 Å². The molecule has 2 heteroatoms. The van der Waals surface area contributed by atoms with Crippen LogP contribution in [0.2, 0.25) is 0 Å². The van der Waals surface area contributed by atoms with Crippen molar-refractivity contribution in [1.82, 2.24) is 0 Å². The average molecular weight is 172 g/mol. The van der Waals surface area contributed by atoms with Crippen LogP contribution in [0.3, 0.4) is 0 Å². The van der Waals surface area contributed by atoms with Gasteiger partial charge in [0.1, 0.15) is 0 Å². The van der Waals surface area contributed by atoms with Crippen molar-refractivity contribution in [2.45, 2.75) is 38.9 Å². The third-order valence-electron chi connectivity index (χ3n) is 3.06. The molecule has 1 saturated carbocycles. The first-order valence-corrected chi connectivity index (χ1v) is 4.89. The van der Waals surface area contributed by atoms with Crippen molar-refractivity contribution < 1.29 is 9.47 Å². The molecule has 2 atom stereocenters. The van der Waals surface area contributed by atoms with Gasteiger partial charge >= 0.3 is 0 Å². The summed E-state index contributed by atoms with van der Waals surface area (Å²) in [4.78, 5) is 0. The first-order chi connectivity index (χ1) is 5.83. The third kappa shape index (κ3) is 1.99. The van der Waals surface area contributed by atoms with Crippen LogP contribution < -0.4 is 0 Å². The van der Waals surface area contributed by atoms with E-state index in [0.717, 1.165) is 5.92 Å². The van der Waals surface area contributed by atoms with Crippen LogP contribution in [-0.4, -0.2) is 20.5 Å². The van der Waals surface area contributed by atoms with E-state index in [1.807, 2.05) is 0 Å². The summed E-state index contributed by atoms with van der Waals surface area (Å²) in [6.07, 6.45) is 5.24. The Bertz CT molecular complexity index is 121. The quantitative estimate of drug-likeness (QED) is 0.606. The highest BCUT2D eigenvalue weighted by atomic mass is 16.7. The maximum atomic E-state index is 5.29. The van der Waals surface area contributed by atoms with E-state index in [9.17, 15) is 0 Å². The third-order valence-corrected chi connectivity index (χ3v) is 3.06. The van der Waals surface area contributed by atoms with Crippen molar-refractivity contribution in [2.24, 2.45) is 11.8 Å². The molecule has 0 radical (unpaired) electrons. The number of ether oxygens (including phenoxy) is 2. The second kappa shape index (κ2) is 4.83. The Morgan fingerprint density at radius 1 is 1.25 bits per heavy atom. The van der Waals surface area contributed by atoms with E-state index < -0.39 is 0 Å². The van der Waals surface area contributed by atoms with Crippen LogP contribution in [0, 0.1) is 11.8 Å². The minimum Gasteiger partial charge on any atom is -0.356 e. The molecule has 12 heavy (non-hydrogen) atoms. The van der Waals surface area contributed by atoms with Crippen LogP contribution in [0.15, 0.2) is 0 Å². The summed E-state index contributed by atoms with van der Waals surface area (Å²) >= 11 is 0. The molecular formula is C10H20O2. The zero-order chi connectivity index (χ0) is 8.97. The number of methoxy groups -OCH3 is 2. The minimum absolute atomic E-state index is 0.0254. The van der Waals surface area contributed by atoms with Crippen LogP contribution in [0.5, 0.6) is 0 Å². The van der Waals surface area contributed by atoms with Gasteiger partial charge in [-0.25, -0.2) is 0 Å². The highest BCUT2D eigenvalue weighted by Gasteiger charge is 2.32. The van der Waals surface area contributed by atoms with Crippen LogP contribution >= 0.6 is 0 Å². The van der Waals surface area contributed by atoms with Crippen LogP contribution in [-0.2, 0) is 9.47 Å². The Labute approximate surface area is 75.2 Å². The van der Waals surface area contributed by atoms with Gasteiger partial charge in [-0.3, -0.25) is 0 Å². The van der Waals surface area contributed by atoms with E-state index in [0.29, 0.717) is 5.92 Å². The molecule has 0 aliphatic heterocycles. The fourth-order valence-corrected chi connectivity index (χ4v) is 2.38. The second-order valence-corrected chi connectivity index (χ2v) is 3.60. The molecule has 0 aromatic carbocycles. The largest absolute Gasteiger partial charge is 0.356 e. The summed E-state index contributed by atoms with van der Waals surface area (Å²) in [6, 6.07) is 0. The molecule has 0 N–H and O–H groups in total. The SMILES string of the molecule is CC[C@@H]1CCC[C@H]1C(OC)OC. The number of hydrogen-bond acceptors (Lipinski definition) is 2. The molecular weight excluding hydrogens is 152 g/mol. The van der Waals surface area contributed by atoms with Gasteiger partial charge < -0.3 is 9.47 Å². The van der Waals surface area contributed by atoms with E-state index in [-0.39, 0.29) is 6.29 Å². The molecule has 0 saturated heterocycles. The molecule has 2 nitrogen and oxygen atoms in total. The summed E-state index contributed by atoms with van der Waals surface area (Å²) in [5.74, 6) is 1.44. The number of hydrogen-bond donors (Lipinski definition) is 0. The molecule has 72 valence electrons. The number of rotatable bonds is 4. The minimum atomic E-state index is 0.0254. The Balaban J connectivity index is 2.47. The first kappa shape index (κ1) is 10.0. The zero-order valence-corrected chi connectivity index (χ0v) is 8.38. The summed E-state index contributed by atoms with van der Waals surface area (Å²) in [5, 5.41) is 0. The molecule has 0 aromatic rings. The Morgan fingerprint density at radius 3 is 2.42 bits per heavy atom. The second-order valence-electron chi connectivity index (χ2n) is 3.60. The normalized spacial score (nSPS) is 30.0. The predicted octanol–water partition coefficient (Wildman–Crippen LogP) is 2.43. The smallest absolute Gasteiger partial charge is 0.159 e. The fraction of sp³-hybridized carbons (Fsp3) is 1.00. The predicted molar refractivity (Wildman–Crippen MR) is 48.9 cm³/mol. The summed E-state index contributed by atoms with van der Waals surface area (Å²) in [7, 11) is 3.47. The topological polar surface area (TPSA) is 18.5 Å². The van der Waals surface area contributed by atoms with Crippen LogP contribution in [0.1, 0.15) is 32.6 Å². The fourth-order valence-electron chi connectivity index (χ4n) is 2.38. The van der Waals surface area contributed by atoms with Gasteiger partial charge in [-0.1, -0.05) is 19.8 Å². The van der Waals surface area contributed by atoms with Gasteiger partial charge in [-0.15, -0.1) is 0 Å². The lowest BCUT2D eigenvalue weighted by Crippen LogP contribution is -2.27. The Kier molecular flexibility index (Phi) is 4.02. The monoisotopic (exact) mass is 172 g/mol. The maximum absolute atomic E-state index is 5.29. The highest BCUT2D eigenvalue weighted by Crippen LogP contribution is 2.37. The molecule has 0 unspecified atom stereocenters. The van der Waals surface area contributed by atoms with Crippen molar-refractivity contribution in [2.75, 3.05) is 14.2 Å². The van der Waals surface area contributed by atoms with E-state index in [4.69, 9.17) is 9.47 Å². The molecule has 0 heterocycles. The van der Waals surface area contributed by atoms with E-state index in [1.165, 1.54) is 25.7 Å². The van der Waals surface area contributed by atoms with Crippen LogP contribution in [0.25, 0.3) is 0 Å². The van der Waals surface area contributed by atoms with Gasteiger partial charge in [0.15, 0.2) is 6.29 Å². The highest BCUT2D eigenvalue weighted by molar-refractivity contribution is 4.78.